The summed E-state index contributed by atoms with van der Waals surface area (Å²) in [5.41, 5.74) is 4.62. The minimum Gasteiger partial charge on any atom is -0.489 e. The van der Waals surface area contributed by atoms with Gasteiger partial charge in [0.25, 0.3) is 0 Å². The van der Waals surface area contributed by atoms with Crippen LogP contribution >= 0.6 is 0 Å². The highest BCUT2D eigenvalue weighted by molar-refractivity contribution is 5.87. The molecule has 4 nitrogen and oxygen atoms in total. The molecule has 4 heteroatoms. The third-order valence-corrected chi connectivity index (χ3v) is 6.20. The lowest BCUT2D eigenvalue weighted by Gasteiger charge is -2.26. The second-order valence-electron chi connectivity index (χ2n) is 8.06. The molecular formula is C25H29NO3. The van der Waals surface area contributed by atoms with Gasteiger partial charge in [0.05, 0.1) is 5.92 Å². The van der Waals surface area contributed by atoms with E-state index in [0.29, 0.717) is 13.0 Å². The topological polar surface area (TPSA) is 62.3 Å². The van der Waals surface area contributed by atoms with Crippen LogP contribution in [0.2, 0.25) is 0 Å². The number of benzene rings is 2. The largest absolute Gasteiger partial charge is 0.489 e. The summed E-state index contributed by atoms with van der Waals surface area (Å²) in [4.78, 5) is 15.5. The van der Waals surface area contributed by atoms with E-state index in [1.54, 1.807) is 0 Å². The van der Waals surface area contributed by atoms with Gasteiger partial charge in [0.1, 0.15) is 12.4 Å². The van der Waals surface area contributed by atoms with Crippen molar-refractivity contribution in [1.29, 1.82) is 0 Å². The SMILES string of the molecule is CCC(C(=O)O)C1CCCCCc2[nH]c3cc(OCc4ccccc4)ccc3c21. The van der Waals surface area contributed by atoms with Crippen molar-refractivity contribution in [3.05, 3.63) is 65.4 Å². The first-order valence-electron chi connectivity index (χ1n) is 10.7. The quantitative estimate of drug-likeness (QED) is 0.537. The Morgan fingerprint density at radius 2 is 2.00 bits per heavy atom. The third-order valence-electron chi connectivity index (χ3n) is 6.20. The first-order chi connectivity index (χ1) is 14.2. The number of aromatic amines is 1. The first kappa shape index (κ1) is 19.6. The molecule has 0 amide bonds. The molecule has 1 heterocycles. The highest BCUT2D eigenvalue weighted by Gasteiger charge is 2.32. The van der Waals surface area contributed by atoms with Crippen molar-refractivity contribution in [1.82, 2.24) is 4.98 Å². The van der Waals surface area contributed by atoms with Gasteiger partial charge in [-0.15, -0.1) is 0 Å². The number of rotatable bonds is 6. The minimum atomic E-state index is -0.679. The molecule has 0 fully saturated rings. The molecule has 2 unspecified atom stereocenters. The minimum absolute atomic E-state index is 0.0673. The van der Waals surface area contributed by atoms with Crippen LogP contribution in [0.1, 0.15) is 61.8 Å². The van der Waals surface area contributed by atoms with E-state index in [2.05, 4.69) is 29.2 Å². The number of fused-ring (bicyclic) bond motifs is 3. The van der Waals surface area contributed by atoms with Crippen LogP contribution in [-0.4, -0.2) is 16.1 Å². The summed E-state index contributed by atoms with van der Waals surface area (Å²) in [5.74, 6) is -0.115. The fourth-order valence-corrected chi connectivity index (χ4v) is 4.73. The van der Waals surface area contributed by atoms with E-state index >= 15 is 0 Å². The normalized spacial score (nSPS) is 17.9. The molecule has 4 rings (SSSR count). The van der Waals surface area contributed by atoms with Crippen molar-refractivity contribution >= 4 is 16.9 Å². The first-order valence-corrected chi connectivity index (χ1v) is 10.7. The number of hydrogen-bond donors (Lipinski definition) is 2. The van der Waals surface area contributed by atoms with Crippen LogP contribution in [0.4, 0.5) is 0 Å². The highest BCUT2D eigenvalue weighted by atomic mass is 16.5. The molecular weight excluding hydrogens is 362 g/mol. The van der Waals surface area contributed by atoms with Crippen LogP contribution in [-0.2, 0) is 17.8 Å². The second-order valence-corrected chi connectivity index (χ2v) is 8.06. The van der Waals surface area contributed by atoms with E-state index < -0.39 is 5.97 Å². The van der Waals surface area contributed by atoms with Gasteiger partial charge < -0.3 is 14.8 Å². The van der Waals surface area contributed by atoms with E-state index in [4.69, 9.17) is 4.74 Å². The summed E-state index contributed by atoms with van der Waals surface area (Å²) < 4.78 is 6.00. The van der Waals surface area contributed by atoms with Crippen molar-refractivity contribution < 1.29 is 14.6 Å². The van der Waals surface area contributed by atoms with Crippen molar-refractivity contribution in [2.75, 3.05) is 0 Å². The van der Waals surface area contributed by atoms with Crippen LogP contribution in [0.3, 0.4) is 0 Å². The van der Waals surface area contributed by atoms with E-state index in [1.807, 2.05) is 31.2 Å². The Morgan fingerprint density at radius 1 is 1.17 bits per heavy atom. The number of carbonyl (C=O) groups is 1. The lowest BCUT2D eigenvalue weighted by molar-refractivity contribution is -0.142. The van der Waals surface area contributed by atoms with Gasteiger partial charge >= 0.3 is 5.97 Å². The lowest BCUT2D eigenvalue weighted by atomic mass is 9.77. The van der Waals surface area contributed by atoms with Gasteiger partial charge in [0.2, 0.25) is 0 Å². The molecule has 3 aromatic rings. The monoisotopic (exact) mass is 391 g/mol. The van der Waals surface area contributed by atoms with Gasteiger partial charge in [-0.05, 0) is 54.9 Å². The average molecular weight is 392 g/mol. The smallest absolute Gasteiger partial charge is 0.307 e. The Balaban J connectivity index is 1.68. The summed E-state index contributed by atoms with van der Waals surface area (Å²) in [7, 11) is 0. The predicted molar refractivity (Wildman–Crippen MR) is 115 cm³/mol. The Labute approximate surface area is 171 Å². The summed E-state index contributed by atoms with van der Waals surface area (Å²) >= 11 is 0. The number of aromatic nitrogens is 1. The van der Waals surface area contributed by atoms with Gasteiger partial charge in [-0.3, -0.25) is 4.79 Å². The number of nitrogens with one attached hydrogen (secondary N) is 1. The third kappa shape index (κ3) is 4.16. The summed E-state index contributed by atoms with van der Waals surface area (Å²) in [6, 6.07) is 16.3. The van der Waals surface area contributed by atoms with Crippen LogP contribution in [0.25, 0.3) is 10.9 Å². The van der Waals surface area contributed by atoms with Crippen LogP contribution in [0.5, 0.6) is 5.75 Å². The van der Waals surface area contributed by atoms with Crippen molar-refractivity contribution in [2.45, 2.75) is 58.0 Å². The maximum atomic E-state index is 11.9. The van der Waals surface area contributed by atoms with E-state index in [9.17, 15) is 9.90 Å². The van der Waals surface area contributed by atoms with Crippen LogP contribution in [0.15, 0.2) is 48.5 Å². The van der Waals surface area contributed by atoms with Crippen molar-refractivity contribution in [2.24, 2.45) is 5.92 Å². The number of ether oxygens (including phenoxy) is 1. The standard InChI is InChI=1S/C25H29NO3/c1-2-19(25(27)28)20-11-7-4-8-12-22-24(20)21-14-13-18(15-23(21)26-22)29-16-17-9-5-3-6-10-17/h3,5-6,9-10,13-15,19-20,26H,2,4,7-8,11-12,16H2,1H3,(H,27,28). The predicted octanol–water partition coefficient (Wildman–Crippen LogP) is 6.06. The summed E-state index contributed by atoms with van der Waals surface area (Å²) in [5, 5.41) is 11.0. The van der Waals surface area contributed by atoms with E-state index in [0.717, 1.165) is 54.3 Å². The molecule has 0 aliphatic heterocycles. The van der Waals surface area contributed by atoms with E-state index in [1.165, 1.54) is 11.3 Å². The fraction of sp³-hybridized carbons (Fsp3) is 0.400. The molecule has 2 aromatic carbocycles. The second kappa shape index (κ2) is 8.73. The zero-order chi connectivity index (χ0) is 20.2. The molecule has 1 aliphatic carbocycles. The number of H-pyrrole nitrogens is 1. The van der Waals surface area contributed by atoms with Gasteiger partial charge in [0.15, 0.2) is 0 Å². The Morgan fingerprint density at radius 3 is 2.76 bits per heavy atom. The Kier molecular flexibility index (Phi) is 5.89. The van der Waals surface area contributed by atoms with Gasteiger partial charge in [0, 0.05) is 22.7 Å². The van der Waals surface area contributed by atoms with Crippen molar-refractivity contribution in [3.63, 3.8) is 0 Å². The molecule has 0 spiro atoms. The Hall–Kier alpha value is -2.75. The molecule has 29 heavy (non-hydrogen) atoms. The van der Waals surface area contributed by atoms with Gasteiger partial charge in [-0.25, -0.2) is 0 Å². The molecule has 2 atom stereocenters. The molecule has 0 radical (unpaired) electrons. The molecule has 1 aromatic heterocycles. The zero-order valence-electron chi connectivity index (χ0n) is 17.0. The lowest BCUT2D eigenvalue weighted by Crippen LogP contribution is -2.23. The number of aryl methyl sites for hydroxylation is 1. The van der Waals surface area contributed by atoms with Crippen LogP contribution < -0.4 is 4.74 Å². The molecule has 0 saturated carbocycles. The van der Waals surface area contributed by atoms with Gasteiger partial charge in [-0.2, -0.15) is 0 Å². The number of carboxylic acid groups (broad SMARTS) is 1. The maximum Gasteiger partial charge on any atom is 0.307 e. The average Bonchev–Trinajstić information content (AvgIpc) is 3.06. The molecule has 1 aliphatic rings. The molecule has 152 valence electrons. The van der Waals surface area contributed by atoms with Crippen LogP contribution in [0, 0.1) is 5.92 Å². The van der Waals surface area contributed by atoms with Gasteiger partial charge in [-0.1, -0.05) is 50.1 Å². The molecule has 0 saturated heterocycles. The highest BCUT2D eigenvalue weighted by Crippen LogP contribution is 2.41. The number of carboxylic acids is 1. The number of aliphatic carboxylic acids is 1. The molecule has 0 bridgehead atoms. The Bertz CT molecular complexity index is 976. The number of hydrogen-bond acceptors (Lipinski definition) is 2. The van der Waals surface area contributed by atoms with Crippen molar-refractivity contribution in [3.8, 4) is 5.75 Å². The fourth-order valence-electron chi connectivity index (χ4n) is 4.73. The zero-order valence-corrected chi connectivity index (χ0v) is 17.0. The summed E-state index contributed by atoms with van der Waals surface area (Å²) in [6.45, 7) is 2.52. The maximum absolute atomic E-state index is 11.9. The van der Waals surface area contributed by atoms with E-state index in [-0.39, 0.29) is 11.8 Å². The summed E-state index contributed by atoms with van der Waals surface area (Å²) in [6.07, 6.45) is 5.98. The molecule has 2 N–H and O–H groups in total.